The van der Waals surface area contributed by atoms with Gasteiger partial charge in [0.15, 0.2) is 21.7 Å². The first-order valence-corrected chi connectivity index (χ1v) is 10.3. The van der Waals surface area contributed by atoms with E-state index in [0.717, 1.165) is 10.1 Å². The normalized spacial score (nSPS) is 11.2. The predicted molar refractivity (Wildman–Crippen MR) is 118 cm³/mol. The molecule has 4 rings (SSSR count). The average molecular weight is 485 g/mol. The number of carbonyl (C=O) groups is 1. The van der Waals surface area contributed by atoms with E-state index in [2.05, 4.69) is 20.9 Å². The molecule has 0 bridgehead atoms. The van der Waals surface area contributed by atoms with Crippen LogP contribution in [0.4, 0.5) is 4.39 Å². The van der Waals surface area contributed by atoms with Crippen molar-refractivity contribution in [2.24, 2.45) is 7.05 Å². The van der Waals surface area contributed by atoms with Crippen molar-refractivity contribution in [2.75, 3.05) is 0 Å². The molecule has 0 fully saturated rings. The van der Waals surface area contributed by atoms with E-state index in [4.69, 9.17) is 0 Å². The van der Waals surface area contributed by atoms with Gasteiger partial charge in [-0.3, -0.25) is 18.7 Å². The maximum atomic E-state index is 13.8. The average Bonchev–Trinajstić information content (AvgIpc) is 3.09. The third kappa shape index (κ3) is 3.76. The van der Waals surface area contributed by atoms with Crippen molar-refractivity contribution in [1.29, 1.82) is 0 Å². The lowest BCUT2D eigenvalue weighted by molar-refractivity contribution is 0.0969. The third-order valence-electron chi connectivity index (χ3n) is 5.22. The molecule has 9 heteroatoms. The number of Topliss-reactive ketones (excluding diaryl/α,β-unsaturated/α-hetero) is 1. The lowest BCUT2D eigenvalue weighted by atomic mass is 10.1. The molecule has 2 heterocycles. The van der Waals surface area contributed by atoms with Crippen LogP contribution in [-0.4, -0.2) is 24.5 Å². The summed E-state index contributed by atoms with van der Waals surface area (Å²) in [6.07, 6.45) is 0. The van der Waals surface area contributed by atoms with Crippen LogP contribution in [0.15, 0.2) is 62.9 Å². The third-order valence-corrected chi connectivity index (χ3v) is 5.83. The number of halogens is 2. The van der Waals surface area contributed by atoms with Gasteiger partial charge in [-0.05, 0) is 46.1 Å². The van der Waals surface area contributed by atoms with Gasteiger partial charge >= 0.3 is 5.69 Å². The fraction of sp³-hybridized carbons (Fsp3) is 0.182. The van der Waals surface area contributed by atoms with Gasteiger partial charge < -0.3 is 4.57 Å². The smallest absolute Gasteiger partial charge is 0.308 e. The van der Waals surface area contributed by atoms with Gasteiger partial charge in [0.1, 0.15) is 5.82 Å². The van der Waals surface area contributed by atoms with Crippen molar-refractivity contribution in [3.8, 4) is 0 Å². The molecule has 0 atom stereocenters. The van der Waals surface area contributed by atoms with Crippen LogP contribution in [0.5, 0.6) is 0 Å². The number of fused-ring (bicyclic) bond motifs is 1. The van der Waals surface area contributed by atoms with Crippen LogP contribution in [0.3, 0.4) is 0 Å². The van der Waals surface area contributed by atoms with Crippen molar-refractivity contribution >= 4 is 32.9 Å². The minimum atomic E-state index is -0.638. The first kappa shape index (κ1) is 20.9. The molecule has 0 saturated carbocycles. The Hall–Kier alpha value is -3.33. The maximum Gasteiger partial charge on any atom is 0.332 e. The van der Waals surface area contributed by atoms with Gasteiger partial charge in [0.25, 0.3) is 5.56 Å². The largest absolute Gasteiger partial charge is 0.332 e. The van der Waals surface area contributed by atoms with E-state index in [0.29, 0.717) is 15.9 Å². The minimum Gasteiger partial charge on any atom is -0.308 e. The summed E-state index contributed by atoms with van der Waals surface area (Å²) in [5.41, 5.74) is 0.981. The van der Waals surface area contributed by atoms with E-state index < -0.39 is 17.8 Å². The molecule has 2 aromatic heterocycles. The Morgan fingerprint density at radius 3 is 2.52 bits per heavy atom. The van der Waals surface area contributed by atoms with Crippen LogP contribution in [0.2, 0.25) is 0 Å². The number of hydrogen-bond donors (Lipinski definition) is 0. The van der Waals surface area contributed by atoms with Crippen LogP contribution in [-0.2, 0) is 20.1 Å². The first-order chi connectivity index (χ1) is 14.8. The van der Waals surface area contributed by atoms with Crippen LogP contribution in [0.1, 0.15) is 21.5 Å². The number of rotatable bonds is 5. The van der Waals surface area contributed by atoms with E-state index in [1.165, 1.54) is 23.7 Å². The quantitative estimate of drug-likeness (QED) is 0.322. The number of aromatic nitrogens is 4. The van der Waals surface area contributed by atoms with E-state index in [1.807, 2.05) is 6.92 Å². The van der Waals surface area contributed by atoms with Crippen molar-refractivity contribution in [3.05, 3.63) is 96.6 Å². The molecule has 0 N–H and O–H groups in total. The van der Waals surface area contributed by atoms with E-state index in [1.54, 1.807) is 41.0 Å². The summed E-state index contributed by atoms with van der Waals surface area (Å²) in [5, 5.41) is 0. The maximum absolute atomic E-state index is 13.8. The highest BCUT2D eigenvalue weighted by Gasteiger charge is 2.21. The summed E-state index contributed by atoms with van der Waals surface area (Å²) < 4.78 is 17.8. The highest BCUT2D eigenvalue weighted by molar-refractivity contribution is 9.10. The van der Waals surface area contributed by atoms with Crippen molar-refractivity contribution in [1.82, 2.24) is 18.7 Å². The first-order valence-electron chi connectivity index (χ1n) is 9.46. The molecule has 0 unspecified atom stereocenters. The zero-order chi connectivity index (χ0) is 22.3. The van der Waals surface area contributed by atoms with Crippen LogP contribution in [0, 0.1) is 12.7 Å². The molecule has 0 aliphatic rings. The molecule has 158 valence electrons. The number of imidazole rings is 1. The Morgan fingerprint density at radius 2 is 1.81 bits per heavy atom. The van der Waals surface area contributed by atoms with Crippen LogP contribution >= 0.6 is 15.9 Å². The molecule has 0 radical (unpaired) electrons. The van der Waals surface area contributed by atoms with Gasteiger partial charge in [-0.15, -0.1) is 0 Å². The highest BCUT2D eigenvalue weighted by Crippen LogP contribution is 2.20. The summed E-state index contributed by atoms with van der Waals surface area (Å²) in [6.45, 7) is 1.61. The molecular formula is C22H18BrFN4O3. The Bertz CT molecular complexity index is 1440. The van der Waals surface area contributed by atoms with Gasteiger partial charge in [-0.1, -0.05) is 36.4 Å². The lowest BCUT2D eigenvalue weighted by Crippen LogP contribution is -2.41. The Labute approximate surface area is 184 Å². The summed E-state index contributed by atoms with van der Waals surface area (Å²) in [6, 6.07) is 12.9. The van der Waals surface area contributed by atoms with Crippen LogP contribution in [0.25, 0.3) is 11.2 Å². The molecule has 0 amide bonds. The number of aryl methyl sites for hydroxylation is 2. The number of hydrogen-bond acceptors (Lipinski definition) is 4. The summed E-state index contributed by atoms with van der Waals surface area (Å²) in [7, 11) is 1.49. The monoisotopic (exact) mass is 484 g/mol. The van der Waals surface area contributed by atoms with Gasteiger partial charge in [-0.25, -0.2) is 14.2 Å². The minimum absolute atomic E-state index is 0.151. The summed E-state index contributed by atoms with van der Waals surface area (Å²) in [5.74, 6) is -0.746. The second-order valence-corrected chi connectivity index (χ2v) is 7.94. The summed E-state index contributed by atoms with van der Waals surface area (Å²) in [4.78, 5) is 43.1. The molecule has 31 heavy (non-hydrogen) atoms. The van der Waals surface area contributed by atoms with Crippen LogP contribution < -0.4 is 11.2 Å². The molecule has 0 aliphatic carbocycles. The Balaban J connectivity index is 1.87. The zero-order valence-electron chi connectivity index (χ0n) is 16.8. The number of ketones is 1. The van der Waals surface area contributed by atoms with Gasteiger partial charge in [0, 0.05) is 12.6 Å². The van der Waals surface area contributed by atoms with Crippen molar-refractivity contribution in [2.45, 2.75) is 20.0 Å². The SMILES string of the molecule is Cc1ccc(F)cc1Cn1c(Br)nc2c1c(=O)n(CC(=O)c1ccccc1)c(=O)n2C. The Kier molecular flexibility index (Phi) is 5.45. The number of carbonyl (C=O) groups excluding carboxylic acids is 1. The molecule has 0 spiro atoms. The number of benzene rings is 2. The molecular weight excluding hydrogens is 467 g/mol. The molecule has 0 saturated heterocycles. The fourth-order valence-electron chi connectivity index (χ4n) is 3.47. The predicted octanol–water partition coefficient (Wildman–Crippen LogP) is 3.04. The molecule has 7 nitrogen and oxygen atoms in total. The van der Waals surface area contributed by atoms with Crippen molar-refractivity contribution < 1.29 is 9.18 Å². The number of nitrogens with zero attached hydrogens (tertiary/aromatic N) is 4. The molecule has 2 aromatic carbocycles. The zero-order valence-corrected chi connectivity index (χ0v) is 18.4. The standard InChI is InChI=1S/C22H18BrFN4O3/c1-13-8-9-16(24)10-15(13)11-27-18-19(25-21(27)23)26(2)22(31)28(20(18)30)12-17(29)14-6-4-3-5-7-14/h3-10H,11-12H2,1-2H3. The van der Waals surface area contributed by atoms with Gasteiger partial charge in [0.05, 0.1) is 13.1 Å². The highest BCUT2D eigenvalue weighted by atomic mass is 79.9. The Morgan fingerprint density at radius 1 is 1.10 bits per heavy atom. The topological polar surface area (TPSA) is 78.9 Å². The molecule has 0 aliphatic heterocycles. The van der Waals surface area contributed by atoms with E-state index >= 15 is 0 Å². The second-order valence-electron chi connectivity index (χ2n) is 7.23. The fourth-order valence-corrected chi connectivity index (χ4v) is 3.94. The lowest BCUT2D eigenvalue weighted by Gasteiger charge is -2.11. The second kappa shape index (κ2) is 8.07. The van der Waals surface area contributed by atoms with Gasteiger partial charge in [0.2, 0.25) is 0 Å². The van der Waals surface area contributed by atoms with E-state index in [9.17, 15) is 18.8 Å². The van der Waals surface area contributed by atoms with Crippen molar-refractivity contribution in [3.63, 3.8) is 0 Å². The van der Waals surface area contributed by atoms with E-state index in [-0.39, 0.29) is 29.3 Å². The summed E-state index contributed by atoms with van der Waals surface area (Å²) >= 11 is 3.34. The van der Waals surface area contributed by atoms with Gasteiger partial charge in [-0.2, -0.15) is 0 Å². The molecule has 4 aromatic rings.